The van der Waals surface area contributed by atoms with E-state index in [0.29, 0.717) is 36.2 Å². The van der Waals surface area contributed by atoms with Crippen molar-refractivity contribution < 1.29 is 9.32 Å². The number of rotatable bonds is 6. The molecule has 0 radical (unpaired) electrons. The Bertz CT molecular complexity index is 611. The summed E-state index contributed by atoms with van der Waals surface area (Å²) in [5, 5.41) is 6.82. The Balaban J connectivity index is 1.47. The zero-order chi connectivity index (χ0) is 14.7. The van der Waals surface area contributed by atoms with Gasteiger partial charge in [0, 0.05) is 25.6 Å². The van der Waals surface area contributed by atoms with Crippen molar-refractivity contribution in [2.75, 3.05) is 6.54 Å². The summed E-state index contributed by atoms with van der Waals surface area (Å²) >= 11 is 0. The van der Waals surface area contributed by atoms with Gasteiger partial charge in [0.2, 0.25) is 17.6 Å². The molecule has 6 nitrogen and oxygen atoms in total. The quantitative estimate of drug-likeness (QED) is 0.876. The van der Waals surface area contributed by atoms with Crippen molar-refractivity contribution in [1.29, 1.82) is 0 Å². The molecule has 0 aromatic carbocycles. The average molecular weight is 286 g/mol. The first kappa shape index (κ1) is 13.7. The molecule has 6 heteroatoms. The molecule has 0 aliphatic heterocycles. The second-order valence-corrected chi connectivity index (χ2v) is 5.50. The monoisotopic (exact) mass is 286 g/mol. The fraction of sp³-hybridized carbons (Fsp3) is 0.467. The minimum Gasteiger partial charge on any atom is -0.356 e. The first-order valence-corrected chi connectivity index (χ1v) is 7.23. The van der Waals surface area contributed by atoms with Gasteiger partial charge in [0.05, 0.1) is 0 Å². The van der Waals surface area contributed by atoms with Crippen LogP contribution in [0.25, 0.3) is 11.5 Å². The first-order valence-electron chi connectivity index (χ1n) is 7.23. The first-order chi connectivity index (χ1) is 10.2. The Labute approximate surface area is 123 Å². The van der Waals surface area contributed by atoms with E-state index in [9.17, 15) is 4.79 Å². The zero-order valence-electron chi connectivity index (χ0n) is 12.0. The second kappa shape index (κ2) is 6.03. The van der Waals surface area contributed by atoms with Crippen LogP contribution < -0.4 is 5.32 Å². The van der Waals surface area contributed by atoms with E-state index in [-0.39, 0.29) is 5.91 Å². The Morgan fingerprint density at radius 2 is 2.33 bits per heavy atom. The van der Waals surface area contributed by atoms with Crippen molar-refractivity contribution in [3.8, 4) is 11.5 Å². The molecular formula is C15H18N4O2. The number of hydrogen-bond acceptors (Lipinski definition) is 5. The lowest BCUT2D eigenvalue weighted by atomic mass is 10.2. The summed E-state index contributed by atoms with van der Waals surface area (Å²) in [6, 6.07) is 5.51. The lowest BCUT2D eigenvalue weighted by molar-refractivity contribution is -0.121. The van der Waals surface area contributed by atoms with E-state index in [4.69, 9.17) is 4.52 Å². The van der Waals surface area contributed by atoms with Crippen LogP contribution in [0.3, 0.4) is 0 Å². The minimum absolute atomic E-state index is 0.0340. The van der Waals surface area contributed by atoms with Gasteiger partial charge < -0.3 is 9.84 Å². The highest BCUT2D eigenvalue weighted by Gasteiger charge is 2.32. The molecule has 0 bridgehead atoms. The van der Waals surface area contributed by atoms with E-state index in [1.165, 1.54) is 6.42 Å². The minimum atomic E-state index is 0.0340. The van der Waals surface area contributed by atoms with Gasteiger partial charge in [-0.2, -0.15) is 4.98 Å². The highest BCUT2D eigenvalue weighted by Crippen LogP contribution is 2.36. The van der Waals surface area contributed by atoms with Crippen molar-refractivity contribution in [3.63, 3.8) is 0 Å². The molecule has 0 unspecified atom stereocenters. The van der Waals surface area contributed by atoms with Crippen molar-refractivity contribution in [1.82, 2.24) is 20.4 Å². The summed E-state index contributed by atoms with van der Waals surface area (Å²) in [6.07, 6.45) is 3.71. The Morgan fingerprint density at radius 1 is 1.48 bits per heavy atom. The van der Waals surface area contributed by atoms with Crippen molar-refractivity contribution in [2.24, 2.45) is 11.8 Å². The molecular weight excluding hydrogens is 268 g/mol. The molecule has 1 aliphatic rings. The van der Waals surface area contributed by atoms with Crippen LogP contribution in [0.2, 0.25) is 0 Å². The number of hydrogen-bond donors (Lipinski definition) is 1. The van der Waals surface area contributed by atoms with Crippen LogP contribution in [0.5, 0.6) is 0 Å². The van der Waals surface area contributed by atoms with E-state index in [2.05, 4.69) is 27.4 Å². The summed E-state index contributed by atoms with van der Waals surface area (Å²) in [6.45, 7) is 2.98. The van der Waals surface area contributed by atoms with Gasteiger partial charge in [-0.25, -0.2) is 0 Å². The summed E-state index contributed by atoms with van der Waals surface area (Å²) in [5.74, 6) is 2.37. The maximum absolute atomic E-state index is 11.7. The molecule has 1 amide bonds. The Hall–Kier alpha value is -2.24. The van der Waals surface area contributed by atoms with E-state index >= 15 is 0 Å². The lowest BCUT2D eigenvalue weighted by Gasteiger charge is -2.02. The molecule has 2 atom stereocenters. The van der Waals surface area contributed by atoms with Crippen molar-refractivity contribution >= 4 is 5.91 Å². The number of amides is 1. The van der Waals surface area contributed by atoms with Gasteiger partial charge in [0.25, 0.3) is 0 Å². The number of nitrogens with zero attached hydrogens (tertiary/aromatic N) is 3. The maximum Gasteiger partial charge on any atom is 0.227 e. The van der Waals surface area contributed by atoms with E-state index < -0.39 is 0 Å². The molecule has 1 saturated carbocycles. The number of aryl methyl sites for hydroxylation is 1. The predicted molar refractivity (Wildman–Crippen MR) is 76.1 cm³/mol. The Kier molecular flexibility index (Phi) is 3.94. The van der Waals surface area contributed by atoms with Crippen LogP contribution >= 0.6 is 0 Å². The molecule has 0 spiro atoms. The SMILES string of the molecule is C[C@H]1C[C@@H]1CNC(=O)CCc1nc(-c2ccccn2)no1. The van der Waals surface area contributed by atoms with Crippen LogP contribution in [-0.2, 0) is 11.2 Å². The van der Waals surface area contributed by atoms with Gasteiger partial charge in [-0.3, -0.25) is 9.78 Å². The summed E-state index contributed by atoms with van der Waals surface area (Å²) in [4.78, 5) is 20.1. The molecule has 3 rings (SSSR count). The number of nitrogens with one attached hydrogen (secondary N) is 1. The fourth-order valence-corrected chi connectivity index (χ4v) is 2.19. The number of carbonyl (C=O) groups excluding carboxylic acids is 1. The average Bonchev–Trinajstić information content (AvgIpc) is 3.02. The van der Waals surface area contributed by atoms with Gasteiger partial charge in [-0.15, -0.1) is 0 Å². The van der Waals surface area contributed by atoms with Gasteiger partial charge in [-0.1, -0.05) is 18.1 Å². The van der Waals surface area contributed by atoms with Crippen LogP contribution in [-0.4, -0.2) is 27.6 Å². The summed E-state index contributed by atoms with van der Waals surface area (Å²) in [7, 11) is 0. The predicted octanol–water partition coefficient (Wildman–Crippen LogP) is 1.84. The third-order valence-corrected chi connectivity index (χ3v) is 3.77. The highest BCUT2D eigenvalue weighted by atomic mass is 16.5. The molecule has 2 aromatic rings. The third kappa shape index (κ3) is 3.65. The topological polar surface area (TPSA) is 80.9 Å². The number of aromatic nitrogens is 3. The van der Waals surface area contributed by atoms with Gasteiger partial charge in [0.15, 0.2) is 0 Å². The highest BCUT2D eigenvalue weighted by molar-refractivity contribution is 5.76. The fourth-order valence-electron chi connectivity index (χ4n) is 2.19. The summed E-state index contributed by atoms with van der Waals surface area (Å²) in [5.41, 5.74) is 0.666. The molecule has 2 heterocycles. The van der Waals surface area contributed by atoms with Gasteiger partial charge >= 0.3 is 0 Å². The zero-order valence-corrected chi connectivity index (χ0v) is 12.0. The summed E-state index contributed by atoms with van der Waals surface area (Å²) < 4.78 is 5.14. The molecule has 1 aliphatic carbocycles. The molecule has 1 N–H and O–H groups in total. The molecule has 0 saturated heterocycles. The van der Waals surface area contributed by atoms with E-state index in [1.54, 1.807) is 6.20 Å². The van der Waals surface area contributed by atoms with Gasteiger partial charge in [0.1, 0.15) is 5.69 Å². The third-order valence-electron chi connectivity index (χ3n) is 3.77. The second-order valence-electron chi connectivity index (χ2n) is 5.50. The lowest BCUT2D eigenvalue weighted by Crippen LogP contribution is -2.26. The number of carbonyl (C=O) groups is 1. The van der Waals surface area contributed by atoms with E-state index in [1.807, 2.05) is 18.2 Å². The molecule has 2 aromatic heterocycles. The molecule has 110 valence electrons. The van der Waals surface area contributed by atoms with Crippen LogP contribution in [0.4, 0.5) is 0 Å². The maximum atomic E-state index is 11.7. The van der Waals surface area contributed by atoms with Crippen molar-refractivity contribution in [2.45, 2.75) is 26.2 Å². The van der Waals surface area contributed by atoms with Crippen LogP contribution in [0.1, 0.15) is 25.7 Å². The normalized spacial score (nSPS) is 20.2. The number of pyridine rings is 1. The van der Waals surface area contributed by atoms with Gasteiger partial charge in [-0.05, 0) is 30.4 Å². The molecule has 21 heavy (non-hydrogen) atoms. The largest absolute Gasteiger partial charge is 0.356 e. The van der Waals surface area contributed by atoms with Crippen LogP contribution in [0.15, 0.2) is 28.9 Å². The van der Waals surface area contributed by atoms with E-state index in [0.717, 1.165) is 12.5 Å². The van der Waals surface area contributed by atoms with Crippen LogP contribution in [0, 0.1) is 11.8 Å². The smallest absolute Gasteiger partial charge is 0.227 e. The Morgan fingerprint density at radius 3 is 3.05 bits per heavy atom. The van der Waals surface area contributed by atoms with Crippen molar-refractivity contribution in [3.05, 3.63) is 30.3 Å². The standard InChI is InChI=1S/C15H18N4O2/c1-10-8-11(10)9-17-13(20)5-6-14-18-15(19-21-14)12-4-2-3-7-16-12/h2-4,7,10-11H,5-6,8-9H2,1H3,(H,17,20)/t10-,11+/m0/s1. The molecule has 1 fully saturated rings.